The number of β-amino-alcohol motifs (C(OH)–C–C–N with tert-alkyl or cyclic N) is 1. The third kappa shape index (κ3) is 4.15. The standard InChI is InChI=1S/C18H28ClNO2/c1-17(2)10-7-11-18(3,4)20(17)12-14(21)13-22-16-9-6-5-8-15(16)19/h5-6,8-9,14,21H,7,10-13H2,1-4H3/t14-/m1/s1. The molecule has 1 aromatic rings. The fourth-order valence-electron chi connectivity index (χ4n) is 3.55. The van der Waals surface area contributed by atoms with Gasteiger partial charge >= 0.3 is 0 Å². The van der Waals surface area contributed by atoms with Crippen LogP contribution in [0.25, 0.3) is 0 Å². The molecule has 1 saturated heterocycles. The highest BCUT2D eigenvalue weighted by molar-refractivity contribution is 6.32. The summed E-state index contributed by atoms with van der Waals surface area (Å²) in [5.74, 6) is 0.625. The van der Waals surface area contributed by atoms with Crippen LogP contribution in [-0.2, 0) is 0 Å². The monoisotopic (exact) mass is 325 g/mol. The van der Waals surface area contributed by atoms with E-state index in [1.165, 1.54) is 6.42 Å². The average Bonchev–Trinajstić information content (AvgIpc) is 2.42. The minimum Gasteiger partial charge on any atom is -0.489 e. The van der Waals surface area contributed by atoms with Crippen LogP contribution in [0.5, 0.6) is 5.75 Å². The van der Waals surface area contributed by atoms with Crippen LogP contribution in [0.2, 0.25) is 5.02 Å². The van der Waals surface area contributed by atoms with Crippen LogP contribution in [0.1, 0.15) is 47.0 Å². The third-order valence-corrected chi connectivity index (χ3v) is 5.01. The Morgan fingerprint density at radius 3 is 2.36 bits per heavy atom. The van der Waals surface area contributed by atoms with Gasteiger partial charge in [0.2, 0.25) is 0 Å². The molecule has 0 amide bonds. The van der Waals surface area contributed by atoms with Crippen molar-refractivity contribution in [2.45, 2.75) is 64.1 Å². The van der Waals surface area contributed by atoms with Crippen molar-refractivity contribution in [2.24, 2.45) is 0 Å². The number of aliphatic hydroxyl groups excluding tert-OH is 1. The van der Waals surface area contributed by atoms with Crippen molar-refractivity contribution >= 4 is 11.6 Å². The molecule has 4 heteroatoms. The van der Waals surface area contributed by atoms with E-state index < -0.39 is 6.10 Å². The Morgan fingerprint density at radius 1 is 1.18 bits per heavy atom. The molecule has 1 N–H and O–H groups in total. The van der Waals surface area contributed by atoms with Crippen molar-refractivity contribution in [3.8, 4) is 5.75 Å². The second-order valence-corrected chi connectivity index (χ2v) is 7.89. The first-order chi connectivity index (χ1) is 10.2. The topological polar surface area (TPSA) is 32.7 Å². The van der Waals surface area contributed by atoms with Crippen molar-refractivity contribution in [3.05, 3.63) is 29.3 Å². The van der Waals surface area contributed by atoms with Crippen LogP contribution in [0.15, 0.2) is 24.3 Å². The molecule has 0 spiro atoms. The SMILES string of the molecule is CC1(C)CCCC(C)(C)N1C[C@@H](O)COc1ccccc1Cl. The maximum absolute atomic E-state index is 10.4. The van der Waals surface area contributed by atoms with Gasteiger partial charge < -0.3 is 9.84 Å². The van der Waals surface area contributed by atoms with E-state index in [9.17, 15) is 5.11 Å². The van der Waals surface area contributed by atoms with Crippen molar-refractivity contribution in [2.75, 3.05) is 13.2 Å². The van der Waals surface area contributed by atoms with E-state index in [4.69, 9.17) is 16.3 Å². The molecule has 1 aromatic carbocycles. The number of ether oxygens (including phenoxy) is 1. The molecule has 22 heavy (non-hydrogen) atoms. The van der Waals surface area contributed by atoms with Gasteiger partial charge in [-0.05, 0) is 59.1 Å². The number of para-hydroxylation sites is 1. The van der Waals surface area contributed by atoms with Crippen molar-refractivity contribution in [1.82, 2.24) is 4.90 Å². The maximum atomic E-state index is 10.4. The maximum Gasteiger partial charge on any atom is 0.138 e. The second-order valence-electron chi connectivity index (χ2n) is 7.48. The molecule has 3 nitrogen and oxygen atoms in total. The highest BCUT2D eigenvalue weighted by atomic mass is 35.5. The second kappa shape index (κ2) is 6.77. The zero-order valence-corrected chi connectivity index (χ0v) is 14.9. The van der Waals surface area contributed by atoms with Gasteiger partial charge in [0.25, 0.3) is 0 Å². The quantitative estimate of drug-likeness (QED) is 0.883. The van der Waals surface area contributed by atoms with Gasteiger partial charge in [0.15, 0.2) is 0 Å². The lowest BCUT2D eigenvalue weighted by Crippen LogP contribution is -2.60. The first kappa shape index (κ1) is 17.6. The molecule has 124 valence electrons. The molecule has 0 aliphatic carbocycles. The fourth-order valence-corrected chi connectivity index (χ4v) is 3.74. The largest absolute Gasteiger partial charge is 0.489 e. The number of hydrogen-bond acceptors (Lipinski definition) is 3. The summed E-state index contributed by atoms with van der Waals surface area (Å²) in [5, 5.41) is 11.0. The normalized spacial score (nSPS) is 22.3. The Kier molecular flexibility index (Phi) is 5.41. The van der Waals surface area contributed by atoms with E-state index in [2.05, 4.69) is 32.6 Å². The first-order valence-electron chi connectivity index (χ1n) is 8.05. The number of piperidine rings is 1. The van der Waals surface area contributed by atoms with Crippen LogP contribution in [0, 0.1) is 0 Å². The summed E-state index contributed by atoms with van der Waals surface area (Å²) in [7, 11) is 0. The first-order valence-corrected chi connectivity index (χ1v) is 8.43. The van der Waals surface area contributed by atoms with Crippen molar-refractivity contribution in [1.29, 1.82) is 0 Å². The smallest absolute Gasteiger partial charge is 0.138 e. The molecule has 1 fully saturated rings. The lowest BCUT2D eigenvalue weighted by molar-refractivity contribution is -0.0606. The van der Waals surface area contributed by atoms with Gasteiger partial charge in [0.1, 0.15) is 18.5 Å². The van der Waals surface area contributed by atoms with Crippen molar-refractivity contribution < 1.29 is 9.84 Å². The minimum absolute atomic E-state index is 0.104. The van der Waals surface area contributed by atoms with E-state index in [0.717, 1.165) is 12.8 Å². The van der Waals surface area contributed by atoms with E-state index in [0.29, 0.717) is 17.3 Å². The van der Waals surface area contributed by atoms with Crippen LogP contribution < -0.4 is 4.74 Å². The predicted octanol–water partition coefficient (Wildman–Crippen LogP) is 4.12. The van der Waals surface area contributed by atoms with Gasteiger partial charge in [0.05, 0.1) is 5.02 Å². The van der Waals surface area contributed by atoms with Gasteiger partial charge in [0, 0.05) is 17.6 Å². The van der Waals surface area contributed by atoms with Crippen molar-refractivity contribution in [3.63, 3.8) is 0 Å². The Balaban J connectivity index is 1.95. The zero-order chi connectivity index (χ0) is 16.4. The lowest BCUT2D eigenvalue weighted by Gasteiger charge is -2.53. The van der Waals surface area contributed by atoms with Gasteiger partial charge in [-0.2, -0.15) is 0 Å². The van der Waals surface area contributed by atoms with E-state index >= 15 is 0 Å². The van der Waals surface area contributed by atoms with E-state index in [-0.39, 0.29) is 17.7 Å². The highest BCUT2D eigenvalue weighted by Gasteiger charge is 2.41. The summed E-state index contributed by atoms with van der Waals surface area (Å²) in [4.78, 5) is 2.42. The molecule has 1 heterocycles. The summed E-state index contributed by atoms with van der Waals surface area (Å²) in [5.41, 5.74) is 0.209. The predicted molar refractivity (Wildman–Crippen MR) is 91.7 cm³/mol. The fraction of sp³-hybridized carbons (Fsp3) is 0.667. The Hall–Kier alpha value is -0.770. The molecule has 0 radical (unpaired) electrons. The molecule has 1 aliphatic heterocycles. The average molecular weight is 326 g/mol. The van der Waals surface area contributed by atoms with Crippen LogP contribution >= 0.6 is 11.6 Å². The zero-order valence-electron chi connectivity index (χ0n) is 14.1. The molecule has 0 bridgehead atoms. The Labute approximate surface area is 139 Å². The summed E-state index contributed by atoms with van der Waals surface area (Å²) in [6.45, 7) is 9.91. The van der Waals surface area contributed by atoms with E-state index in [1.54, 1.807) is 6.07 Å². The summed E-state index contributed by atoms with van der Waals surface area (Å²) < 4.78 is 5.67. The number of likely N-dealkylation sites (tertiary alicyclic amines) is 1. The van der Waals surface area contributed by atoms with E-state index in [1.807, 2.05) is 18.2 Å². The summed E-state index contributed by atoms with van der Waals surface area (Å²) in [6.07, 6.45) is 3.03. The molecular weight excluding hydrogens is 298 g/mol. The van der Waals surface area contributed by atoms with Gasteiger partial charge in [-0.1, -0.05) is 23.7 Å². The Morgan fingerprint density at radius 2 is 1.77 bits per heavy atom. The van der Waals surface area contributed by atoms with Crippen LogP contribution in [0.3, 0.4) is 0 Å². The van der Waals surface area contributed by atoms with Gasteiger partial charge in [-0.15, -0.1) is 0 Å². The number of hydrogen-bond donors (Lipinski definition) is 1. The number of benzene rings is 1. The lowest BCUT2D eigenvalue weighted by atomic mass is 9.79. The molecule has 0 aromatic heterocycles. The Bertz CT molecular complexity index is 486. The number of rotatable bonds is 5. The van der Waals surface area contributed by atoms with Crippen LogP contribution in [-0.4, -0.2) is 40.3 Å². The molecule has 1 aliphatic rings. The number of halogens is 1. The molecule has 2 rings (SSSR count). The molecule has 0 saturated carbocycles. The summed E-state index contributed by atoms with van der Waals surface area (Å²) >= 11 is 6.07. The van der Waals surface area contributed by atoms with Crippen LogP contribution in [0.4, 0.5) is 0 Å². The molecule has 1 atom stereocenters. The van der Waals surface area contributed by atoms with Gasteiger partial charge in [-0.3, -0.25) is 4.90 Å². The minimum atomic E-state index is -0.534. The number of nitrogens with zero attached hydrogens (tertiary/aromatic N) is 1. The third-order valence-electron chi connectivity index (χ3n) is 4.70. The highest BCUT2D eigenvalue weighted by Crippen LogP contribution is 2.38. The number of aliphatic hydroxyl groups is 1. The summed E-state index contributed by atoms with van der Waals surface area (Å²) in [6, 6.07) is 7.36. The molecular formula is C18H28ClNO2. The van der Waals surface area contributed by atoms with Gasteiger partial charge in [-0.25, -0.2) is 0 Å². The molecule has 0 unspecified atom stereocenters.